The van der Waals surface area contributed by atoms with Gasteiger partial charge in [-0.1, -0.05) is 21.1 Å². The number of rotatable bonds is 2. The average molecular weight is 242 g/mol. The molecule has 0 aliphatic rings. The highest BCUT2D eigenvalue weighted by molar-refractivity contribution is 9.10. The Labute approximate surface area is 84.2 Å². The van der Waals surface area contributed by atoms with E-state index < -0.39 is 0 Å². The van der Waals surface area contributed by atoms with E-state index in [1.807, 2.05) is 0 Å². The van der Waals surface area contributed by atoms with Crippen molar-refractivity contribution >= 4 is 27.4 Å². The number of benzene rings is 1. The second kappa shape index (κ2) is 4.18. The molecule has 1 N–H and O–H groups in total. The predicted molar refractivity (Wildman–Crippen MR) is 53.4 cm³/mol. The molecule has 0 fully saturated rings. The lowest BCUT2D eigenvalue weighted by molar-refractivity contribution is 0.106. The molecule has 0 atom stereocenters. The van der Waals surface area contributed by atoms with Crippen LogP contribution in [0.3, 0.4) is 0 Å². The zero-order valence-corrected chi connectivity index (χ0v) is 8.58. The van der Waals surface area contributed by atoms with Crippen LogP contribution in [-0.4, -0.2) is 16.7 Å². The van der Waals surface area contributed by atoms with Gasteiger partial charge in [0.2, 0.25) is 5.78 Å². The van der Waals surface area contributed by atoms with E-state index in [0.29, 0.717) is 5.56 Å². The summed E-state index contributed by atoms with van der Waals surface area (Å²) in [6, 6.07) is 6.86. The maximum atomic E-state index is 11.4. The minimum absolute atomic E-state index is 0.0855. The van der Waals surface area contributed by atoms with Crippen LogP contribution in [0.4, 0.5) is 0 Å². The minimum atomic E-state index is -0.269. The second-order valence-electron chi connectivity index (χ2n) is 2.52. The molecule has 0 aliphatic heterocycles. The molecule has 3 nitrogen and oxygen atoms in total. The zero-order chi connectivity index (χ0) is 9.84. The van der Waals surface area contributed by atoms with Gasteiger partial charge in [0.15, 0.2) is 0 Å². The van der Waals surface area contributed by atoms with Gasteiger partial charge in [-0.05, 0) is 31.2 Å². The monoisotopic (exact) mass is 241 g/mol. The molecule has 0 spiro atoms. The molecule has 1 aromatic carbocycles. The van der Waals surface area contributed by atoms with Gasteiger partial charge in [-0.15, -0.1) is 0 Å². The molecule has 1 rings (SSSR count). The number of hydrogen-bond donors (Lipinski definition) is 1. The van der Waals surface area contributed by atoms with Gasteiger partial charge in [0.25, 0.3) is 0 Å². The summed E-state index contributed by atoms with van der Waals surface area (Å²) < 4.78 is 0.905. The Hall–Kier alpha value is -1.16. The van der Waals surface area contributed by atoms with Crippen LogP contribution in [0.5, 0.6) is 0 Å². The number of nitrogens with zero attached hydrogens (tertiary/aromatic N) is 1. The SMILES string of the molecule is CC(=NO)C(=O)c1ccc(Br)cc1. The summed E-state index contributed by atoms with van der Waals surface area (Å²) >= 11 is 3.26. The number of Topliss-reactive ketones (excluding diaryl/α,β-unsaturated/α-hetero) is 1. The Morgan fingerprint density at radius 1 is 1.38 bits per heavy atom. The summed E-state index contributed by atoms with van der Waals surface area (Å²) in [5.41, 5.74) is 0.598. The van der Waals surface area contributed by atoms with Gasteiger partial charge in [-0.2, -0.15) is 0 Å². The van der Waals surface area contributed by atoms with Crippen molar-refractivity contribution in [2.75, 3.05) is 0 Å². The van der Waals surface area contributed by atoms with Crippen LogP contribution in [0.2, 0.25) is 0 Å². The number of ketones is 1. The lowest BCUT2D eigenvalue weighted by Gasteiger charge is -1.97. The highest BCUT2D eigenvalue weighted by atomic mass is 79.9. The number of carbonyl (C=O) groups excluding carboxylic acids is 1. The van der Waals surface area contributed by atoms with E-state index in [1.54, 1.807) is 24.3 Å². The molecule has 0 heterocycles. The van der Waals surface area contributed by atoms with Gasteiger partial charge < -0.3 is 5.21 Å². The predicted octanol–water partition coefficient (Wildman–Crippen LogP) is 2.48. The summed E-state index contributed by atoms with van der Waals surface area (Å²) in [7, 11) is 0. The Morgan fingerprint density at radius 2 is 1.92 bits per heavy atom. The number of carbonyl (C=O) groups is 1. The summed E-state index contributed by atoms with van der Waals surface area (Å²) in [5.74, 6) is -0.269. The molecule has 0 saturated heterocycles. The normalized spacial score (nSPS) is 11.4. The summed E-state index contributed by atoms with van der Waals surface area (Å²) in [5, 5.41) is 11.2. The lowest BCUT2D eigenvalue weighted by Crippen LogP contribution is -2.09. The van der Waals surface area contributed by atoms with Gasteiger partial charge in [0.05, 0.1) is 0 Å². The first-order valence-corrected chi connectivity index (χ1v) is 4.43. The van der Waals surface area contributed by atoms with Crippen molar-refractivity contribution < 1.29 is 10.0 Å². The molecule has 13 heavy (non-hydrogen) atoms. The van der Waals surface area contributed by atoms with E-state index in [9.17, 15) is 4.79 Å². The molecule has 0 saturated carbocycles. The van der Waals surface area contributed by atoms with Crippen LogP contribution in [-0.2, 0) is 0 Å². The average Bonchev–Trinajstić information content (AvgIpc) is 2.17. The molecule has 4 heteroatoms. The fraction of sp³-hybridized carbons (Fsp3) is 0.111. The molecule has 0 bridgehead atoms. The van der Waals surface area contributed by atoms with Crippen molar-refractivity contribution in [2.45, 2.75) is 6.92 Å². The number of oxime groups is 1. The second-order valence-corrected chi connectivity index (χ2v) is 3.44. The van der Waals surface area contributed by atoms with E-state index >= 15 is 0 Å². The Bertz CT molecular complexity index is 343. The molecule has 68 valence electrons. The van der Waals surface area contributed by atoms with Crippen molar-refractivity contribution in [1.29, 1.82) is 0 Å². The molecular weight excluding hydrogens is 234 g/mol. The largest absolute Gasteiger partial charge is 0.411 e. The van der Waals surface area contributed by atoms with E-state index in [4.69, 9.17) is 5.21 Å². The molecule has 0 radical (unpaired) electrons. The summed E-state index contributed by atoms with van der Waals surface area (Å²) in [6.07, 6.45) is 0. The minimum Gasteiger partial charge on any atom is -0.411 e. The van der Waals surface area contributed by atoms with E-state index in [0.717, 1.165) is 4.47 Å². The van der Waals surface area contributed by atoms with Crippen molar-refractivity contribution in [1.82, 2.24) is 0 Å². The van der Waals surface area contributed by atoms with E-state index in [1.165, 1.54) is 6.92 Å². The third-order valence-corrected chi connectivity index (χ3v) is 2.11. The first-order valence-electron chi connectivity index (χ1n) is 3.64. The molecule has 0 aliphatic carbocycles. The quantitative estimate of drug-likeness (QED) is 0.375. The van der Waals surface area contributed by atoms with Crippen LogP contribution < -0.4 is 0 Å². The van der Waals surface area contributed by atoms with Crippen LogP contribution >= 0.6 is 15.9 Å². The highest BCUT2D eigenvalue weighted by Gasteiger charge is 2.08. The first kappa shape index (κ1) is 9.92. The molecule has 0 aromatic heterocycles. The third-order valence-electron chi connectivity index (χ3n) is 1.59. The summed E-state index contributed by atoms with van der Waals surface area (Å²) in [6.45, 7) is 1.46. The zero-order valence-electron chi connectivity index (χ0n) is 6.99. The fourth-order valence-electron chi connectivity index (χ4n) is 0.856. The van der Waals surface area contributed by atoms with Gasteiger partial charge in [-0.3, -0.25) is 4.79 Å². The van der Waals surface area contributed by atoms with E-state index in [-0.39, 0.29) is 11.5 Å². The third kappa shape index (κ3) is 2.39. The fourth-order valence-corrected chi connectivity index (χ4v) is 1.12. The molecule has 0 unspecified atom stereocenters. The van der Waals surface area contributed by atoms with E-state index in [2.05, 4.69) is 21.1 Å². The lowest BCUT2D eigenvalue weighted by atomic mass is 10.1. The van der Waals surface area contributed by atoms with Crippen molar-refractivity contribution in [2.24, 2.45) is 5.16 Å². The van der Waals surface area contributed by atoms with Gasteiger partial charge >= 0.3 is 0 Å². The Kier molecular flexibility index (Phi) is 3.19. The number of hydrogen-bond acceptors (Lipinski definition) is 3. The van der Waals surface area contributed by atoms with Crippen molar-refractivity contribution in [3.63, 3.8) is 0 Å². The molecule has 0 amide bonds. The standard InChI is InChI=1S/C9H8BrNO2/c1-6(11-13)9(12)7-2-4-8(10)5-3-7/h2-5,13H,1H3. The molecular formula is C9H8BrNO2. The van der Waals surface area contributed by atoms with Crippen molar-refractivity contribution in [3.8, 4) is 0 Å². The van der Waals surface area contributed by atoms with Gasteiger partial charge in [0, 0.05) is 10.0 Å². The first-order chi connectivity index (χ1) is 6.15. The summed E-state index contributed by atoms with van der Waals surface area (Å²) in [4.78, 5) is 11.4. The number of halogens is 1. The molecule has 1 aromatic rings. The van der Waals surface area contributed by atoms with Crippen LogP contribution in [0.15, 0.2) is 33.9 Å². The van der Waals surface area contributed by atoms with Crippen molar-refractivity contribution in [3.05, 3.63) is 34.3 Å². The Balaban J connectivity index is 2.97. The van der Waals surface area contributed by atoms with Gasteiger partial charge in [-0.25, -0.2) is 0 Å². The highest BCUT2D eigenvalue weighted by Crippen LogP contribution is 2.11. The van der Waals surface area contributed by atoms with Crippen LogP contribution in [0, 0.1) is 0 Å². The van der Waals surface area contributed by atoms with Crippen LogP contribution in [0.25, 0.3) is 0 Å². The Morgan fingerprint density at radius 3 is 2.38 bits per heavy atom. The maximum Gasteiger partial charge on any atom is 0.210 e. The smallest absolute Gasteiger partial charge is 0.210 e. The van der Waals surface area contributed by atoms with Crippen LogP contribution in [0.1, 0.15) is 17.3 Å². The van der Waals surface area contributed by atoms with Gasteiger partial charge in [0.1, 0.15) is 5.71 Å². The maximum absolute atomic E-state index is 11.4. The topological polar surface area (TPSA) is 49.7 Å².